The first-order chi connectivity index (χ1) is 14.7. The molecule has 1 saturated carbocycles. The number of amides is 1. The first-order valence-electron chi connectivity index (χ1n) is 12.1. The maximum Gasteiger partial charge on any atom is 0.224 e. The minimum absolute atomic E-state index is 0.175. The van der Waals surface area contributed by atoms with Gasteiger partial charge in [0.15, 0.2) is 0 Å². The third-order valence-electron chi connectivity index (χ3n) is 7.38. The Kier molecular flexibility index (Phi) is 7.67. The van der Waals surface area contributed by atoms with Crippen molar-refractivity contribution < 1.29 is 9.53 Å². The van der Waals surface area contributed by atoms with Gasteiger partial charge in [0.2, 0.25) is 5.91 Å². The molecule has 1 aliphatic carbocycles. The number of ether oxygens (including phenoxy) is 1. The van der Waals surface area contributed by atoms with Crippen molar-refractivity contribution in [3.63, 3.8) is 0 Å². The number of rotatable bonds is 7. The van der Waals surface area contributed by atoms with Crippen molar-refractivity contribution in [2.45, 2.75) is 63.8 Å². The highest BCUT2D eigenvalue weighted by Crippen LogP contribution is 2.29. The van der Waals surface area contributed by atoms with Crippen molar-refractivity contribution in [1.29, 1.82) is 0 Å². The van der Waals surface area contributed by atoms with Crippen molar-refractivity contribution in [1.82, 2.24) is 4.90 Å². The fourth-order valence-electron chi connectivity index (χ4n) is 5.76. The van der Waals surface area contributed by atoms with Crippen LogP contribution in [0.2, 0.25) is 0 Å². The molecule has 0 aromatic heterocycles. The number of benzene rings is 1. The zero-order valence-electron chi connectivity index (χ0n) is 18.7. The van der Waals surface area contributed by atoms with E-state index in [1.54, 1.807) is 0 Å². The second-order valence-corrected chi connectivity index (χ2v) is 9.63. The standard InChI is InChI=1S/C25H39N3O2/c1-30-19-21-8-5-13-28(18-21)23-11-14-27(15-12-23)24-10-4-9-22(17-24)26-25(29)16-20-6-2-3-7-20/h4,9-10,17,20-21,23H,2-3,5-8,11-16,18-19H2,1H3,(H,26,29). The minimum Gasteiger partial charge on any atom is -0.384 e. The van der Waals surface area contributed by atoms with Gasteiger partial charge >= 0.3 is 0 Å². The molecular formula is C25H39N3O2. The van der Waals surface area contributed by atoms with E-state index in [-0.39, 0.29) is 5.91 Å². The van der Waals surface area contributed by atoms with Gasteiger partial charge in [-0.05, 0) is 75.1 Å². The van der Waals surface area contributed by atoms with Gasteiger partial charge in [0.1, 0.15) is 0 Å². The van der Waals surface area contributed by atoms with E-state index >= 15 is 0 Å². The summed E-state index contributed by atoms with van der Waals surface area (Å²) in [7, 11) is 1.82. The molecule has 4 rings (SSSR count). The Morgan fingerprint density at radius 2 is 1.80 bits per heavy atom. The smallest absolute Gasteiger partial charge is 0.224 e. The summed E-state index contributed by atoms with van der Waals surface area (Å²) in [4.78, 5) is 17.6. The Balaban J connectivity index is 1.27. The summed E-state index contributed by atoms with van der Waals surface area (Å²) in [5.41, 5.74) is 2.18. The van der Waals surface area contributed by atoms with E-state index in [1.807, 2.05) is 13.2 Å². The molecule has 1 aromatic rings. The maximum absolute atomic E-state index is 12.4. The summed E-state index contributed by atoms with van der Waals surface area (Å²) in [5, 5.41) is 3.14. The number of nitrogens with zero attached hydrogens (tertiary/aromatic N) is 2. The van der Waals surface area contributed by atoms with Crippen LogP contribution in [-0.4, -0.2) is 56.7 Å². The Hall–Kier alpha value is -1.59. The zero-order chi connectivity index (χ0) is 20.8. The van der Waals surface area contributed by atoms with Gasteiger partial charge in [0.25, 0.3) is 0 Å². The van der Waals surface area contributed by atoms with E-state index in [2.05, 4.69) is 33.3 Å². The highest BCUT2D eigenvalue weighted by atomic mass is 16.5. The van der Waals surface area contributed by atoms with Gasteiger partial charge < -0.3 is 15.0 Å². The summed E-state index contributed by atoms with van der Waals surface area (Å²) >= 11 is 0. The number of nitrogens with one attached hydrogen (secondary N) is 1. The van der Waals surface area contributed by atoms with E-state index in [4.69, 9.17) is 4.74 Å². The summed E-state index contributed by atoms with van der Waals surface area (Å²) in [5.74, 6) is 1.46. The Labute approximate surface area is 182 Å². The molecule has 2 heterocycles. The number of carbonyl (C=O) groups excluding carboxylic acids is 1. The van der Waals surface area contributed by atoms with Crippen molar-refractivity contribution in [3.8, 4) is 0 Å². The van der Waals surface area contributed by atoms with Crippen LogP contribution >= 0.6 is 0 Å². The van der Waals surface area contributed by atoms with Crippen LogP contribution < -0.4 is 10.2 Å². The van der Waals surface area contributed by atoms with E-state index in [0.717, 1.165) is 25.4 Å². The highest BCUT2D eigenvalue weighted by molar-refractivity contribution is 5.91. The molecule has 0 bridgehead atoms. The van der Waals surface area contributed by atoms with E-state index in [0.29, 0.717) is 24.3 Å². The molecule has 1 atom stereocenters. The lowest BCUT2D eigenvalue weighted by Gasteiger charge is -2.42. The Morgan fingerprint density at radius 3 is 2.57 bits per heavy atom. The van der Waals surface area contributed by atoms with E-state index in [9.17, 15) is 4.79 Å². The molecule has 1 unspecified atom stereocenters. The van der Waals surface area contributed by atoms with Crippen molar-refractivity contribution in [3.05, 3.63) is 24.3 Å². The van der Waals surface area contributed by atoms with Gasteiger partial charge in [-0.1, -0.05) is 18.9 Å². The molecular weight excluding hydrogens is 374 g/mol. The number of carbonyl (C=O) groups is 1. The van der Waals surface area contributed by atoms with Crippen LogP contribution in [0.4, 0.5) is 11.4 Å². The maximum atomic E-state index is 12.4. The lowest BCUT2D eigenvalue weighted by Crippen LogP contribution is -2.49. The van der Waals surface area contributed by atoms with Gasteiger partial charge in [-0.15, -0.1) is 0 Å². The van der Waals surface area contributed by atoms with Crippen LogP contribution in [0.15, 0.2) is 24.3 Å². The average molecular weight is 414 g/mol. The van der Waals surface area contributed by atoms with Crippen LogP contribution in [0.3, 0.4) is 0 Å². The number of hydrogen-bond acceptors (Lipinski definition) is 4. The molecule has 2 saturated heterocycles. The molecule has 0 radical (unpaired) electrons. The number of methoxy groups -OCH3 is 1. The summed E-state index contributed by atoms with van der Waals surface area (Å²) in [6.45, 7) is 5.52. The fourth-order valence-corrected chi connectivity index (χ4v) is 5.76. The molecule has 30 heavy (non-hydrogen) atoms. The molecule has 5 heteroatoms. The second kappa shape index (κ2) is 10.6. The van der Waals surface area contributed by atoms with Crippen molar-refractivity contribution in [2.24, 2.45) is 11.8 Å². The Morgan fingerprint density at radius 1 is 1.03 bits per heavy atom. The number of hydrogen-bond donors (Lipinski definition) is 1. The van der Waals surface area contributed by atoms with Crippen molar-refractivity contribution in [2.75, 3.05) is 50.1 Å². The second-order valence-electron chi connectivity index (χ2n) is 9.63. The molecule has 1 amide bonds. The molecule has 1 aromatic carbocycles. The summed E-state index contributed by atoms with van der Waals surface area (Å²) in [6, 6.07) is 9.14. The predicted octanol–water partition coefficient (Wildman–Crippen LogP) is 4.53. The SMILES string of the molecule is COCC1CCCN(C2CCN(c3cccc(NC(=O)CC4CCCC4)c3)CC2)C1. The third-order valence-corrected chi connectivity index (χ3v) is 7.38. The van der Waals surface area contributed by atoms with Crippen LogP contribution in [0, 0.1) is 11.8 Å². The molecule has 5 nitrogen and oxygen atoms in total. The van der Waals surface area contributed by atoms with Gasteiger partial charge in [-0.3, -0.25) is 9.69 Å². The molecule has 3 fully saturated rings. The highest BCUT2D eigenvalue weighted by Gasteiger charge is 2.29. The molecule has 3 aliphatic rings. The third kappa shape index (κ3) is 5.76. The molecule has 2 aliphatic heterocycles. The monoisotopic (exact) mass is 413 g/mol. The van der Waals surface area contributed by atoms with Crippen molar-refractivity contribution >= 4 is 17.3 Å². The topological polar surface area (TPSA) is 44.8 Å². The molecule has 166 valence electrons. The van der Waals surface area contributed by atoms with E-state index < -0.39 is 0 Å². The molecule has 0 spiro atoms. The quantitative estimate of drug-likeness (QED) is 0.713. The lowest BCUT2D eigenvalue weighted by molar-refractivity contribution is -0.117. The van der Waals surface area contributed by atoms with Crippen LogP contribution in [0.5, 0.6) is 0 Å². The van der Waals surface area contributed by atoms with Crippen LogP contribution in [-0.2, 0) is 9.53 Å². The average Bonchev–Trinajstić information content (AvgIpc) is 3.27. The predicted molar refractivity (Wildman–Crippen MR) is 123 cm³/mol. The van der Waals surface area contributed by atoms with Gasteiger partial charge in [-0.2, -0.15) is 0 Å². The fraction of sp³-hybridized carbons (Fsp3) is 0.720. The van der Waals surface area contributed by atoms with E-state index in [1.165, 1.54) is 70.1 Å². The largest absolute Gasteiger partial charge is 0.384 e. The van der Waals surface area contributed by atoms with Gasteiger partial charge in [0.05, 0.1) is 6.61 Å². The number of likely N-dealkylation sites (tertiary alicyclic amines) is 1. The number of anilines is 2. The summed E-state index contributed by atoms with van der Waals surface area (Å²) < 4.78 is 5.40. The normalized spacial score (nSPS) is 24.3. The Bertz CT molecular complexity index is 679. The number of piperidine rings is 2. The first kappa shape index (κ1) is 21.6. The van der Waals surface area contributed by atoms with Crippen LogP contribution in [0.1, 0.15) is 57.8 Å². The van der Waals surface area contributed by atoms with Gasteiger partial charge in [0, 0.05) is 50.6 Å². The zero-order valence-corrected chi connectivity index (χ0v) is 18.7. The van der Waals surface area contributed by atoms with Gasteiger partial charge in [-0.25, -0.2) is 0 Å². The lowest BCUT2D eigenvalue weighted by atomic mass is 9.94. The first-order valence-corrected chi connectivity index (χ1v) is 12.1. The van der Waals surface area contributed by atoms with Crippen LogP contribution in [0.25, 0.3) is 0 Å². The molecule has 1 N–H and O–H groups in total. The summed E-state index contributed by atoms with van der Waals surface area (Å²) in [6.07, 6.45) is 10.7. The minimum atomic E-state index is 0.175.